The first-order valence-electron chi connectivity index (χ1n) is 12.2. The molecular weight excluding hydrogens is 433 g/mol. The van der Waals surface area contributed by atoms with Gasteiger partial charge < -0.3 is 20.6 Å². The van der Waals surface area contributed by atoms with Gasteiger partial charge >= 0.3 is 0 Å². The van der Waals surface area contributed by atoms with E-state index in [1.165, 1.54) is 4.90 Å². The van der Waals surface area contributed by atoms with Crippen LogP contribution in [0, 0.1) is 5.82 Å². The van der Waals surface area contributed by atoms with E-state index in [0.29, 0.717) is 38.8 Å². The van der Waals surface area contributed by atoms with E-state index in [4.69, 9.17) is 0 Å². The predicted octanol–water partition coefficient (Wildman–Crippen LogP) is 3.61. The molecule has 3 rings (SSSR count). The number of nitrogens with one attached hydrogen (secondary N) is 2. The predicted molar refractivity (Wildman–Crippen MR) is 133 cm³/mol. The number of aryl methyl sites for hydroxylation is 1. The summed E-state index contributed by atoms with van der Waals surface area (Å²) in [6.45, 7) is 6.71. The summed E-state index contributed by atoms with van der Waals surface area (Å²) in [5.41, 5.74) is 1.84. The topological polar surface area (TPSA) is 81.7 Å². The smallest absolute Gasteiger partial charge is 0.254 e. The van der Waals surface area contributed by atoms with Crippen LogP contribution < -0.4 is 15.5 Å². The normalized spacial score (nSPS) is 15.6. The average Bonchev–Trinajstić information content (AvgIpc) is 3.24. The zero-order valence-electron chi connectivity index (χ0n) is 20.3. The first-order valence-corrected chi connectivity index (χ1v) is 12.2. The maximum atomic E-state index is 15.6. The second kappa shape index (κ2) is 12.1. The van der Waals surface area contributed by atoms with Gasteiger partial charge in [-0.1, -0.05) is 57.5 Å². The van der Waals surface area contributed by atoms with Crippen LogP contribution >= 0.6 is 0 Å². The second-order valence-electron chi connectivity index (χ2n) is 9.28. The van der Waals surface area contributed by atoms with Gasteiger partial charge in [0.1, 0.15) is 0 Å². The van der Waals surface area contributed by atoms with Crippen LogP contribution in [0.15, 0.2) is 42.5 Å². The van der Waals surface area contributed by atoms with E-state index in [-0.39, 0.29) is 23.2 Å². The number of hydrogen-bond donors (Lipinski definition) is 3. The number of carbonyl (C=O) groups is 2. The lowest BCUT2D eigenvalue weighted by Crippen LogP contribution is -2.49. The van der Waals surface area contributed by atoms with Crippen LogP contribution in [-0.2, 0) is 17.6 Å². The summed E-state index contributed by atoms with van der Waals surface area (Å²) in [5.74, 6) is -1.41. The Bertz CT molecular complexity index is 981. The molecule has 1 heterocycles. The molecule has 2 aromatic rings. The molecule has 0 radical (unpaired) electrons. The molecule has 1 aliphatic rings. The van der Waals surface area contributed by atoms with Crippen molar-refractivity contribution >= 4 is 17.5 Å². The SMILES string of the molecule is CCCc1cc(C(=O)N[C@@H](Cc2ccccc2)[C@@H](O)CNC(C)C)c(F)c(N2CCCC2=O)c1. The van der Waals surface area contributed by atoms with Gasteiger partial charge in [0.05, 0.1) is 23.4 Å². The molecule has 0 bridgehead atoms. The zero-order valence-corrected chi connectivity index (χ0v) is 20.3. The molecule has 1 aliphatic heterocycles. The number of rotatable bonds is 11. The Morgan fingerprint density at radius 1 is 1.18 bits per heavy atom. The number of carbonyl (C=O) groups excluding carboxylic acids is 2. The first kappa shape index (κ1) is 25.8. The fraction of sp³-hybridized carbons (Fsp3) is 0.481. The molecule has 3 N–H and O–H groups in total. The van der Waals surface area contributed by atoms with Crippen molar-refractivity contribution in [3.63, 3.8) is 0 Å². The summed E-state index contributed by atoms with van der Waals surface area (Å²) >= 11 is 0. The van der Waals surface area contributed by atoms with Crippen LogP contribution in [0.25, 0.3) is 0 Å². The van der Waals surface area contributed by atoms with Crippen molar-refractivity contribution in [1.29, 1.82) is 0 Å². The fourth-order valence-electron chi connectivity index (χ4n) is 4.26. The van der Waals surface area contributed by atoms with Crippen molar-refractivity contribution in [2.24, 2.45) is 0 Å². The fourth-order valence-corrected chi connectivity index (χ4v) is 4.26. The highest BCUT2D eigenvalue weighted by Crippen LogP contribution is 2.29. The van der Waals surface area contributed by atoms with E-state index in [1.807, 2.05) is 51.1 Å². The molecule has 0 spiro atoms. The van der Waals surface area contributed by atoms with Gasteiger partial charge in [-0.3, -0.25) is 9.59 Å². The van der Waals surface area contributed by atoms with E-state index in [0.717, 1.165) is 17.5 Å². The van der Waals surface area contributed by atoms with E-state index >= 15 is 4.39 Å². The van der Waals surface area contributed by atoms with Crippen LogP contribution in [0.1, 0.15) is 61.5 Å². The van der Waals surface area contributed by atoms with Crippen LogP contribution in [0.2, 0.25) is 0 Å². The Morgan fingerprint density at radius 3 is 2.53 bits per heavy atom. The number of hydrogen-bond acceptors (Lipinski definition) is 4. The largest absolute Gasteiger partial charge is 0.390 e. The molecule has 0 aliphatic carbocycles. The molecule has 7 heteroatoms. The molecule has 0 saturated carbocycles. The number of aliphatic hydroxyl groups is 1. The molecule has 2 aromatic carbocycles. The zero-order chi connectivity index (χ0) is 24.7. The minimum atomic E-state index is -0.868. The monoisotopic (exact) mass is 469 g/mol. The van der Waals surface area contributed by atoms with E-state index in [1.54, 1.807) is 12.1 Å². The molecule has 2 atom stereocenters. The minimum Gasteiger partial charge on any atom is -0.390 e. The first-order chi connectivity index (χ1) is 16.3. The third-order valence-corrected chi connectivity index (χ3v) is 6.08. The highest BCUT2D eigenvalue weighted by Gasteiger charge is 2.29. The van der Waals surface area contributed by atoms with Crippen LogP contribution in [0.5, 0.6) is 0 Å². The summed E-state index contributed by atoms with van der Waals surface area (Å²) in [4.78, 5) is 27.1. The Hall–Kier alpha value is -2.77. The third-order valence-electron chi connectivity index (χ3n) is 6.08. The number of anilines is 1. The maximum absolute atomic E-state index is 15.6. The van der Waals surface area contributed by atoms with Crippen LogP contribution in [0.3, 0.4) is 0 Å². The maximum Gasteiger partial charge on any atom is 0.254 e. The quantitative estimate of drug-likeness (QED) is 0.470. The summed E-state index contributed by atoms with van der Waals surface area (Å²) < 4.78 is 15.6. The molecule has 6 nitrogen and oxygen atoms in total. The number of halogens is 1. The van der Waals surface area contributed by atoms with E-state index < -0.39 is 23.9 Å². The summed E-state index contributed by atoms with van der Waals surface area (Å²) in [7, 11) is 0. The van der Waals surface area contributed by atoms with Crippen LogP contribution in [-0.4, -0.2) is 48.2 Å². The summed E-state index contributed by atoms with van der Waals surface area (Å²) in [6.07, 6.45) is 2.09. The Morgan fingerprint density at radius 2 is 1.91 bits per heavy atom. The lowest BCUT2D eigenvalue weighted by Gasteiger charge is -2.26. The molecule has 0 unspecified atom stereocenters. The number of nitrogens with zero attached hydrogens (tertiary/aromatic N) is 1. The van der Waals surface area contributed by atoms with Crippen molar-refractivity contribution in [2.75, 3.05) is 18.0 Å². The van der Waals surface area contributed by atoms with Gasteiger partial charge in [0.2, 0.25) is 5.91 Å². The highest BCUT2D eigenvalue weighted by atomic mass is 19.1. The van der Waals surface area contributed by atoms with Gasteiger partial charge in [0.15, 0.2) is 5.82 Å². The molecule has 0 aromatic heterocycles. The number of aliphatic hydroxyl groups excluding tert-OH is 1. The molecule has 1 saturated heterocycles. The van der Waals surface area contributed by atoms with Gasteiger partial charge in [-0.05, 0) is 42.5 Å². The van der Waals surface area contributed by atoms with Crippen molar-refractivity contribution < 1.29 is 19.1 Å². The van der Waals surface area contributed by atoms with Gasteiger partial charge in [0, 0.05) is 25.6 Å². The Labute approximate surface area is 201 Å². The van der Waals surface area contributed by atoms with Crippen molar-refractivity contribution in [3.05, 3.63) is 65.0 Å². The Balaban J connectivity index is 1.89. The molecular formula is C27H36FN3O3. The molecule has 1 fully saturated rings. The molecule has 184 valence electrons. The summed E-state index contributed by atoms with van der Waals surface area (Å²) in [6, 6.07) is 12.4. The van der Waals surface area contributed by atoms with Crippen molar-refractivity contribution in [1.82, 2.24) is 10.6 Å². The number of benzene rings is 2. The van der Waals surface area contributed by atoms with Gasteiger partial charge in [0.25, 0.3) is 5.91 Å². The van der Waals surface area contributed by atoms with Gasteiger partial charge in [-0.25, -0.2) is 4.39 Å². The minimum absolute atomic E-state index is 0.0947. The van der Waals surface area contributed by atoms with Crippen molar-refractivity contribution in [3.8, 4) is 0 Å². The second-order valence-corrected chi connectivity index (χ2v) is 9.28. The Kier molecular flexibility index (Phi) is 9.19. The third kappa shape index (κ3) is 6.64. The lowest BCUT2D eigenvalue weighted by atomic mass is 9.99. The average molecular weight is 470 g/mol. The standard InChI is InChI=1S/C27H36FN3O3/c1-4-9-20-14-21(26(28)23(16-20)31-13-8-12-25(31)33)27(34)30-22(24(32)17-29-18(2)3)15-19-10-6-5-7-11-19/h5-7,10-11,14,16,18,22,24,29,32H,4,8-9,12-13,15,17H2,1-3H3,(H,30,34)/t22-,24-/m0/s1. The highest BCUT2D eigenvalue weighted by molar-refractivity contribution is 6.00. The van der Waals surface area contributed by atoms with E-state index in [2.05, 4.69) is 10.6 Å². The van der Waals surface area contributed by atoms with Crippen LogP contribution in [0.4, 0.5) is 10.1 Å². The van der Waals surface area contributed by atoms with Gasteiger partial charge in [-0.15, -0.1) is 0 Å². The number of amides is 2. The molecule has 2 amide bonds. The summed E-state index contributed by atoms with van der Waals surface area (Å²) in [5, 5.41) is 16.9. The van der Waals surface area contributed by atoms with E-state index in [9.17, 15) is 14.7 Å². The van der Waals surface area contributed by atoms with Gasteiger partial charge in [-0.2, -0.15) is 0 Å². The molecule has 34 heavy (non-hydrogen) atoms. The van der Waals surface area contributed by atoms with Crippen molar-refractivity contribution in [2.45, 2.75) is 71.1 Å². The lowest BCUT2D eigenvalue weighted by molar-refractivity contribution is -0.117.